The molecule has 0 bridgehead atoms. The number of aryl methyl sites for hydroxylation is 1. The van der Waals surface area contributed by atoms with Crippen molar-refractivity contribution in [1.82, 2.24) is 15.0 Å². The van der Waals surface area contributed by atoms with E-state index in [-0.39, 0.29) is 6.04 Å². The van der Waals surface area contributed by atoms with E-state index in [0.717, 1.165) is 15.0 Å². The minimum atomic E-state index is -0.189. The van der Waals surface area contributed by atoms with Crippen LogP contribution in [0, 0.1) is 0 Å². The fraction of sp³-hybridized carbons (Fsp3) is 0.250. The number of rotatable bonds is 2. The number of aromatic nitrogens is 3. The fourth-order valence-corrected chi connectivity index (χ4v) is 2.38. The Labute approximate surface area is 93.9 Å². The predicted octanol–water partition coefficient (Wildman–Crippen LogP) is 1.69. The topological polar surface area (TPSA) is 56.7 Å². The van der Waals surface area contributed by atoms with Gasteiger partial charge in [-0.1, -0.05) is 5.21 Å². The van der Waals surface area contributed by atoms with E-state index in [1.807, 2.05) is 24.7 Å². The lowest BCUT2D eigenvalue weighted by Crippen LogP contribution is -2.11. The maximum Gasteiger partial charge on any atom is 0.104 e. The maximum atomic E-state index is 6.01. The third kappa shape index (κ3) is 1.87. The van der Waals surface area contributed by atoms with Crippen LogP contribution in [0.15, 0.2) is 21.4 Å². The van der Waals surface area contributed by atoms with Crippen LogP contribution in [0.4, 0.5) is 0 Å². The van der Waals surface area contributed by atoms with Crippen molar-refractivity contribution in [3.05, 3.63) is 32.7 Å². The second-order valence-electron chi connectivity index (χ2n) is 2.98. The third-order valence-corrected chi connectivity index (χ3v) is 3.41. The van der Waals surface area contributed by atoms with Gasteiger partial charge in [-0.2, -0.15) is 0 Å². The number of nitrogens with zero attached hydrogens (tertiary/aromatic N) is 3. The molecule has 0 saturated carbocycles. The third-order valence-electron chi connectivity index (χ3n) is 1.89. The zero-order valence-corrected chi connectivity index (χ0v) is 9.92. The Bertz CT molecular complexity index is 396. The molecule has 2 rings (SSSR count). The minimum absolute atomic E-state index is 0.189. The Balaban J connectivity index is 2.28. The molecule has 74 valence electrons. The van der Waals surface area contributed by atoms with Gasteiger partial charge in [0.2, 0.25) is 0 Å². The highest BCUT2D eigenvalue weighted by atomic mass is 79.9. The number of hydrogen-bond acceptors (Lipinski definition) is 4. The average Bonchev–Trinajstić information content (AvgIpc) is 2.73. The fourth-order valence-electron chi connectivity index (χ4n) is 1.17. The summed E-state index contributed by atoms with van der Waals surface area (Å²) in [6.45, 7) is 0. The van der Waals surface area contributed by atoms with Crippen molar-refractivity contribution >= 4 is 27.3 Å². The first-order valence-corrected chi connectivity index (χ1v) is 5.70. The van der Waals surface area contributed by atoms with Crippen LogP contribution in [-0.4, -0.2) is 15.0 Å². The van der Waals surface area contributed by atoms with E-state index in [2.05, 4.69) is 26.2 Å². The average molecular weight is 273 g/mol. The Morgan fingerprint density at radius 2 is 2.43 bits per heavy atom. The minimum Gasteiger partial charge on any atom is -0.319 e. The van der Waals surface area contributed by atoms with Gasteiger partial charge >= 0.3 is 0 Å². The van der Waals surface area contributed by atoms with Crippen LogP contribution in [0.25, 0.3) is 0 Å². The highest BCUT2D eigenvalue weighted by Crippen LogP contribution is 2.26. The summed E-state index contributed by atoms with van der Waals surface area (Å²) in [7, 11) is 1.83. The molecule has 0 radical (unpaired) electrons. The lowest BCUT2D eigenvalue weighted by atomic mass is 10.1. The Hall–Kier alpha value is -0.720. The summed E-state index contributed by atoms with van der Waals surface area (Å²) in [5, 5.41) is 9.84. The second kappa shape index (κ2) is 3.80. The molecule has 6 heteroatoms. The van der Waals surface area contributed by atoms with Gasteiger partial charge in [-0.05, 0) is 32.9 Å². The smallest absolute Gasteiger partial charge is 0.104 e. The van der Waals surface area contributed by atoms with Gasteiger partial charge < -0.3 is 5.73 Å². The molecule has 0 saturated heterocycles. The molecular weight excluding hydrogens is 264 g/mol. The molecule has 0 fully saturated rings. The lowest BCUT2D eigenvalue weighted by Gasteiger charge is -2.03. The number of hydrogen-bond donors (Lipinski definition) is 1. The van der Waals surface area contributed by atoms with Crippen molar-refractivity contribution in [2.45, 2.75) is 6.04 Å². The van der Waals surface area contributed by atoms with Crippen molar-refractivity contribution in [3.8, 4) is 0 Å². The summed E-state index contributed by atoms with van der Waals surface area (Å²) in [5.74, 6) is 0. The van der Waals surface area contributed by atoms with Gasteiger partial charge in [0.15, 0.2) is 0 Å². The first kappa shape index (κ1) is 9.82. The first-order valence-electron chi connectivity index (χ1n) is 4.02. The van der Waals surface area contributed by atoms with E-state index in [1.165, 1.54) is 0 Å². The molecule has 2 aromatic heterocycles. The Morgan fingerprint density at radius 3 is 2.93 bits per heavy atom. The summed E-state index contributed by atoms with van der Waals surface area (Å²) in [6.07, 6.45) is 1.83. The van der Waals surface area contributed by atoms with Crippen LogP contribution < -0.4 is 5.73 Å². The molecule has 0 aromatic carbocycles. The van der Waals surface area contributed by atoms with Crippen molar-refractivity contribution < 1.29 is 0 Å². The summed E-state index contributed by atoms with van der Waals surface area (Å²) < 4.78 is 2.73. The van der Waals surface area contributed by atoms with Gasteiger partial charge in [-0.15, -0.1) is 16.4 Å². The Kier molecular flexibility index (Phi) is 2.66. The molecule has 0 spiro atoms. The molecular formula is C8H9BrN4S. The van der Waals surface area contributed by atoms with E-state index in [1.54, 1.807) is 16.0 Å². The van der Waals surface area contributed by atoms with Crippen LogP contribution in [-0.2, 0) is 7.05 Å². The molecule has 1 atom stereocenters. The number of nitrogens with two attached hydrogens (primary N) is 1. The first-order chi connectivity index (χ1) is 6.66. The van der Waals surface area contributed by atoms with Crippen molar-refractivity contribution in [1.29, 1.82) is 0 Å². The summed E-state index contributed by atoms with van der Waals surface area (Å²) >= 11 is 5.02. The highest BCUT2D eigenvalue weighted by molar-refractivity contribution is 9.11. The molecule has 0 aliphatic rings. The van der Waals surface area contributed by atoms with Gasteiger partial charge in [0.25, 0.3) is 0 Å². The molecule has 0 amide bonds. The molecule has 2 N–H and O–H groups in total. The van der Waals surface area contributed by atoms with E-state index in [9.17, 15) is 0 Å². The SMILES string of the molecule is Cn1cc(C(N)c2csc(Br)c2)nn1. The molecule has 2 heterocycles. The van der Waals surface area contributed by atoms with Gasteiger partial charge in [-0.25, -0.2) is 0 Å². The standard InChI is InChI=1S/C8H9BrN4S/c1-13-3-6(11-12-13)8(10)5-2-7(9)14-4-5/h2-4,8H,10H2,1H3. The number of halogens is 1. The van der Waals surface area contributed by atoms with Crippen LogP contribution in [0.2, 0.25) is 0 Å². The molecule has 14 heavy (non-hydrogen) atoms. The molecule has 2 aromatic rings. The highest BCUT2D eigenvalue weighted by Gasteiger charge is 2.13. The van der Waals surface area contributed by atoms with Gasteiger partial charge in [0.1, 0.15) is 5.69 Å². The molecule has 0 aliphatic heterocycles. The number of thiophene rings is 1. The van der Waals surface area contributed by atoms with Gasteiger partial charge in [0.05, 0.1) is 16.0 Å². The van der Waals surface area contributed by atoms with E-state index in [4.69, 9.17) is 5.73 Å². The molecule has 4 nitrogen and oxygen atoms in total. The van der Waals surface area contributed by atoms with Gasteiger partial charge in [0, 0.05) is 7.05 Å². The molecule has 0 aliphatic carbocycles. The van der Waals surface area contributed by atoms with Crippen LogP contribution in [0.5, 0.6) is 0 Å². The zero-order valence-electron chi connectivity index (χ0n) is 7.51. The lowest BCUT2D eigenvalue weighted by molar-refractivity contribution is 0.711. The van der Waals surface area contributed by atoms with Crippen molar-refractivity contribution in [3.63, 3.8) is 0 Å². The summed E-state index contributed by atoms with van der Waals surface area (Å²) in [6, 6.07) is 1.82. The normalized spacial score (nSPS) is 13.1. The monoisotopic (exact) mass is 272 g/mol. The van der Waals surface area contributed by atoms with E-state index >= 15 is 0 Å². The van der Waals surface area contributed by atoms with Crippen molar-refractivity contribution in [2.24, 2.45) is 12.8 Å². The van der Waals surface area contributed by atoms with Crippen LogP contribution in [0.1, 0.15) is 17.3 Å². The van der Waals surface area contributed by atoms with Gasteiger partial charge in [-0.3, -0.25) is 4.68 Å². The molecule has 1 unspecified atom stereocenters. The summed E-state index contributed by atoms with van der Waals surface area (Å²) in [5.41, 5.74) is 7.86. The largest absolute Gasteiger partial charge is 0.319 e. The zero-order chi connectivity index (χ0) is 10.1. The quantitative estimate of drug-likeness (QED) is 0.905. The summed E-state index contributed by atoms with van der Waals surface area (Å²) in [4.78, 5) is 0. The van der Waals surface area contributed by atoms with E-state index < -0.39 is 0 Å². The van der Waals surface area contributed by atoms with Crippen LogP contribution in [0.3, 0.4) is 0 Å². The second-order valence-corrected chi connectivity index (χ2v) is 5.27. The van der Waals surface area contributed by atoms with Crippen LogP contribution >= 0.6 is 27.3 Å². The van der Waals surface area contributed by atoms with Crippen molar-refractivity contribution in [2.75, 3.05) is 0 Å². The maximum absolute atomic E-state index is 6.01. The Morgan fingerprint density at radius 1 is 1.64 bits per heavy atom. The van der Waals surface area contributed by atoms with E-state index in [0.29, 0.717) is 0 Å². The predicted molar refractivity (Wildman–Crippen MR) is 59.1 cm³/mol.